The van der Waals surface area contributed by atoms with E-state index in [2.05, 4.69) is 44.6 Å². The number of hydrogen-bond acceptors (Lipinski definition) is 2. The highest BCUT2D eigenvalue weighted by atomic mass is 15.0. The molecule has 0 aromatic carbocycles. The van der Waals surface area contributed by atoms with E-state index in [0.717, 1.165) is 11.4 Å². The van der Waals surface area contributed by atoms with E-state index in [4.69, 9.17) is 5.73 Å². The fourth-order valence-corrected chi connectivity index (χ4v) is 1.40. The van der Waals surface area contributed by atoms with Crippen LogP contribution in [-0.2, 0) is 5.41 Å². The summed E-state index contributed by atoms with van der Waals surface area (Å²) in [7, 11) is 0. The SMILES string of the molecule is CC(C)c1[nH]c(N)nc1C(C)(C)C. The summed E-state index contributed by atoms with van der Waals surface area (Å²) in [4.78, 5) is 7.44. The molecule has 0 bridgehead atoms. The molecule has 1 rings (SSSR count). The molecule has 74 valence electrons. The van der Waals surface area contributed by atoms with E-state index in [1.807, 2.05) is 0 Å². The highest BCUT2D eigenvalue weighted by molar-refractivity contribution is 5.32. The molecule has 0 unspecified atom stereocenters. The van der Waals surface area contributed by atoms with Gasteiger partial charge in [-0.2, -0.15) is 0 Å². The van der Waals surface area contributed by atoms with Gasteiger partial charge < -0.3 is 10.7 Å². The number of imidazole rings is 1. The Hall–Kier alpha value is -0.990. The van der Waals surface area contributed by atoms with E-state index in [1.54, 1.807) is 0 Å². The van der Waals surface area contributed by atoms with E-state index in [1.165, 1.54) is 0 Å². The van der Waals surface area contributed by atoms with Crippen molar-refractivity contribution in [3.05, 3.63) is 11.4 Å². The van der Waals surface area contributed by atoms with Gasteiger partial charge in [-0.1, -0.05) is 34.6 Å². The van der Waals surface area contributed by atoms with Crippen LogP contribution in [0.2, 0.25) is 0 Å². The van der Waals surface area contributed by atoms with Crippen molar-refractivity contribution in [3.63, 3.8) is 0 Å². The number of anilines is 1. The standard InChI is InChI=1S/C10H19N3/c1-6(2)7-8(10(3,4)5)13-9(11)12-7/h6H,1-5H3,(H3,11,12,13). The molecule has 0 aliphatic carbocycles. The lowest BCUT2D eigenvalue weighted by molar-refractivity contribution is 0.559. The molecule has 0 aliphatic rings. The maximum absolute atomic E-state index is 5.65. The second-order valence-corrected chi connectivity index (χ2v) is 4.79. The monoisotopic (exact) mass is 181 g/mol. The first-order valence-electron chi connectivity index (χ1n) is 4.68. The number of nitrogens with two attached hydrogens (primary N) is 1. The molecule has 0 saturated carbocycles. The minimum atomic E-state index is 0.0632. The van der Waals surface area contributed by atoms with Gasteiger partial charge in [0.05, 0.1) is 5.69 Å². The lowest BCUT2D eigenvalue weighted by Gasteiger charge is -2.18. The Labute approximate surface area is 79.8 Å². The lowest BCUT2D eigenvalue weighted by atomic mass is 9.88. The third-order valence-electron chi connectivity index (χ3n) is 2.04. The molecule has 0 spiro atoms. The van der Waals surface area contributed by atoms with Gasteiger partial charge in [0.1, 0.15) is 0 Å². The number of nitrogens with zero attached hydrogens (tertiary/aromatic N) is 1. The molecule has 0 aliphatic heterocycles. The number of hydrogen-bond donors (Lipinski definition) is 2. The van der Waals surface area contributed by atoms with E-state index in [9.17, 15) is 0 Å². The second kappa shape index (κ2) is 3.05. The molecule has 0 fully saturated rings. The molecule has 3 heteroatoms. The van der Waals surface area contributed by atoms with Crippen LogP contribution in [0, 0.1) is 0 Å². The predicted molar refractivity (Wildman–Crippen MR) is 55.8 cm³/mol. The summed E-state index contributed by atoms with van der Waals surface area (Å²) in [5.41, 5.74) is 7.95. The normalized spacial score (nSPS) is 12.5. The van der Waals surface area contributed by atoms with E-state index in [-0.39, 0.29) is 5.41 Å². The number of aromatic amines is 1. The molecule has 0 atom stereocenters. The first kappa shape index (κ1) is 10.1. The summed E-state index contributed by atoms with van der Waals surface area (Å²) in [6.45, 7) is 10.7. The minimum absolute atomic E-state index is 0.0632. The van der Waals surface area contributed by atoms with Gasteiger partial charge in [-0.25, -0.2) is 4.98 Å². The fourth-order valence-electron chi connectivity index (χ4n) is 1.40. The Kier molecular flexibility index (Phi) is 2.37. The number of nitrogen functional groups attached to an aromatic ring is 1. The van der Waals surface area contributed by atoms with Crippen LogP contribution in [0.4, 0.5) is 5.95 Å². The number of aromatic nitrogens is 2. The molecule has 1 aromatic heterocycles. The van der Waals surface area contributed by atoms with Crippen LogP contribution in [0.3, 0.4) is 0 Å². The fraction of sp³-hybridized carbons (Fsp3) is 0.700. The average molecular weight is 181 g/mol. The van der Waals surface area contributed by atoms with Crippen LogP contribution in [0.25, 0.3) is 0 Å². The Morgan fingerprint density at radius 3 is 2.15 bits per heavy atom. The van der Waals surface area contributed by atoms with Crippen molar-refractivity contribution in [1.29, 1.82) is 0 Å². The van der Waals surface area contributed by atoms with Crippen molar-refractivity contribution in [2.24, 2.45) is 0 Å². The first-order valence-corrected chi connectivity index (χ1v) is 4.68. The zero-order valence-electron chi connectivity index (χ0n) is 9.10. The van der Waals surface area contributed by atoms with Crippen LogP contribution in [0.5, 0.6) is 0 Å². The summed E-state index contributed by atoms with van der Waals surface area (Å²) in [6, 6.07) is 0. The predicted octanol–water partition coefficient (Wildman–Crippen LogP) is 2.41. The zero-order chi connectivity index (χ0) is 10.2. The first-order chi connectivity index (χ1) is 5.82. The highest BCUT2D eigenvalue weighted by Crippen LogP contribution is 2.28. The molecule has 1 aromatic rings. The maximum Gasteiger partial charge on any atom is 0.197 e. The largest absolute Gasteiger partial charge is 0.369 e. The quantitative estimate of drug-likeness (QED) is 0.699. The van der Waals surface area contributed by atoms with Gasteiger partial charge in [0.25, 0.3) is 0 Å². The van der Waals surface area contributed by atoms with E-state index >= 15 is 0 Å². The van der Waals surface area contributed by atoms with Crippen molar-refractivity contribution >= 4 is 5.95 Å². The van der Waals surface area contributed by atoms with Crippen molar-refractivity contribution in [2.75, 3.05) is 5.73 Å². The van der Waals surface area contributed by atoms with Gasteiger partial charge in [-0.3, -0.25) is 0 Å². The molecule has 3 nitrogen and oxygen atoms in total. The zero-order valence-corrected chi connectivity index (χ0v) is 9.10. The molecule has 3 N–H and O–H groups in total. The van der Waals surface area contributed by atoms with Crippen LogP contribution in [0.1, 0.15) is 51.9 Å². The third kappa shape index (κ3) is 2.02. The topological polar surface area (TPSA) is 54.7 Å². The number of nitrogens with one attached hydrogen (secondary N) is 1. The van der Waals surface area contributed by atoms with Gasteiger partial charge >= 0.3 is 0 Å². The van der Waals surface area contributed by atoms with Crippen LogP contribution < -0.4 is 5.73 Å². The van der Waals surface area contributed by atoms with Crippen molar-refractivity contribution in [1.82, 2.24) is 9.97 Å². The molecular formula is C10H19N3. The van der Waals surface area contributed by atoms with Crippen LogP contribution in [-0.4, -0.2) is 9.97 Å². The Morgan fingerprint density at radius 1 is 1.31 bits per heavy atom. The van der Waals surface area contributed by atoms with Gasteiger partial charge in [-0.15, -0.1) is 0 Å². The molecule has 0 amide bonds. The summed E-state index contributed by atoms with van der Waals surface area (Å²) in [5, 5.41) is 0. The summed E-state index contributed by atoms with van der Waals surface area (Å²) >= 11 is 0. The summed E-state index contributed by atoms with van der Waals surface area (Å²) in [5.74, 6) is 0.965. The van der Waals surface area contributed by atoms with Gasteiger partial charge in [0.2, 0.25) is 0 Å². The Bertz CT molecular complexity index is 292. The Morgan fingerprint density at radius 2 is 1.85 bits per heavy atom. The average Bonchev–Trinajstić information content (AvgIpc) is 2.29. The molecule has 0 saturated heterocycles. The number of H-pyrrole nitrogens is 1. The highest BCUT2D eigenvalue weighted by Gasteiger charge is 2.23. The second-order valence-electron chi connectivity index (χ2n) is 4.79. The van der Waals surface area contributed by atoms with Gasteiger partial charge in [-0.05, 0) is 5.92 Å². The molecule has 1 heterocycles. The van der Waals surface area contributed by atoms with Crippen LogP contribution in [0.15, 0.2) is 0 Å². The minimum Gasteiger partial charge on any atom is -0.369 e. The summed E-state index contributed by atoms with van der Waals surface area (Å²) in [6.07, 6.45) is 0. The molecule has 0 radical (unpaired) electrons. The third-order valence-corrected chi connectivity index (χ3v) is 2.04. The smallest absolute Gasteiger partial charge is 0.197 e. The van der Waals surface area contributed by atoms with Crippen molar-refractivity contribution < 1.29 is 0 Å². The van der Waals surface area contributed by atoms with Crippen molar-refractivity contribution in [3.8, 4) is 0 Å². The van der Waals surface area contributed by atoms with E-state index in [0.29, 0.717) is 11.9 Å². The molecule has 13 heavy (non-hydrogen) atoms. The van der Waals surface area contributed by atoms with Gasteiger partial charge in [0, 0.05) is 11.1 Å². The number of rotatable bonds is 1. The summed E-state index contributed by atoms with van der Waals surface area (Å²) < 4.78 is 0. The molecular weight excluding hydrogens is 162 g/mol. The maximum atomic E-state index is 5.65. The van der Waals surface area contributed by atoms with Crippen molar-refractivity contribution in [2.45, 2.75) is 46.0 Å². The van der Waals surface area contributed by atoms with Crippen LogP contribution >= 0.6 is 0 Å². The van der Waals surface area contributed by atoms with E-state index < -0.39 is 0 Å². The Balaban J connectivity index is 3.20. The van der Waals surface area contributed by atoms with Gasteiger partial charge in [0.15, 0.2) is 5.95 Å². The lowest BCUT2D eigenvalue weighted by Crippen LogP contribution is -2.15.